The number of nitrogens with zero attached hydrogens (tertiary/aromatic N) is 4. The number of nitrogens with two attached hydrogens (primary N) is 1. The number of carbonyl (C=O) groups is 1. The average molecular weight is 384 g/mol. The molecule has 0 spiro atoms. The molecule has 3 aromatic heterocycles. The number of rotatable bonds is 7. The molecule has 0 amide bonds. The van der Waals surface area contributed by atoms with Gasteiger partial charge in [0.2, 0.25) is 0 Å². The topological polar surface area (TPSA) is 118 Å². The number of aromatic nitrogens is 4. The van der Waals surface area contributed by atoms with E-state index in [1.54, 1.807) is 12.3 Å². The fraction of sp³-hybridized carbons (Fsp3) is 0.368. The number of aryl methyl sites for hydroxylation is 1. The molecule has 3 aromatic rings. The number of nitrogens with one attached hydrogen (secondary N) is 1. The Kier molecular flexibility index (Phi) is 4.46. The van der Waals surface area contributed by atoms with Gasteiger partial charge in [0.1, 0.15) is 17.2 Å². The predicted octanol–water partition coefficient (Wildman–Crippen LogP) is 2.34. The van der Waals surface area contributed by atoms with Crippen molar-refractivity contribution in [2.24, 2.45) is 5.73 Å². The molecule has 0 aliphatic heterocycles. The van der Waals surface area contributed by atoms with Crippen LogP contribution >= 0.6 is 0 Å². The van der Waals surface area contributed by atoms with Crippen LogP contribution in [0.1, 0.15) is 47.8 Å². The highest BCUT2D eigenvalue weighted by molar-refractivity contribution is 5.94. The first-order valence-corrected chi connectivity index (χ1v) is 9.14. The van der Waals surface area contributed by atoms with Crippen molar-refractivity contribution in [3.05, 3.63) is 53.4 Å². The van der Waals surface area contributed by atoms with E-state index in [0.29, 0.717) is 12.2 Å². The first kappa shape index (κ1) is 18.3. The molecular weight excluding hydrogens is 363 g/mol. The number of aromatic carboxylic acids is 1. The molecule has 9 heteroatoms. The summed E-state index contributed by atoms with van der Waals surface area (Å²) in [5.74, 6) is -0.969. The molecule has 1 unspecified atom stereocenters. The second-order valence-corrected chi connectivity index (χ2v) is 7.32. The van der Waals surface area contributed by atoms with Gasteiger partial charge in [-0.15, -0.1) is 0 Å². The summed E-state index contributed by atoms with van der Waals surface area (Å²) in [6.45, 7) is 1.93. The first-order valence-electron chi connectivity index (χ1n) is 9.14. The molecule has 0 aromatic carbocycles. The van der Waals surface area contributed by atoms with Crippen LogP contribution in [0.15, 0.2) is 30.7 Å². The first-order chi connectivity index (χ1) is 13.4. The summed E-state index contributed by atoms with van der Waals surface area (Å²) in [6, 6.07) is 3.27. The third-order valence-electron chi connectivity index (χ3n) is 5.01. The highest BCUT2D eigenvalue weighted by Crippen LogP contribution is 2.49. The molecule has 1 aliphatic rings. The number of hydrogen-bond acceptors (Lipinski definition) is 6. The Morgan fingerprint density at radius 3 is 2.93 bits per heavy atom. The van der Waals surface area contributed by atoms with Gasteiger partial charge in [0.25, 0.3) is 0 Å². The molecule has 0 bridgehead atoms. The van der Waals surface area contributed by atoms with Gasteiger partial charge < -0.3 is 16.2 Å². The fourth-order valence-corrected chi connectivity index (χ4v) is 3.37. The van der Waals surface area contributed by atoms with Gasteiger partial charge in [0, 0.05) is 23.5 Å². The zero-order chi connectivity index (χ0) is 19.9. The number of carboxylic acids is 1. The summed E-state index contributed by atoms with van der Waals surface area (Å²) in [4.78, 5) is 20.0. The number of halogens is 1. The average Bonchev–Trinajstić information content (AvgIpc) is 3.30. The van der Waals surface area contributed by atoms with Crippen LogP contribution in [-0.2, 0) is 12.0 Å². The van der Waals surface area contributed by atoms with E-state index in [1.165, 1.54) is 23.0 Å². The lowest BCUT2D eigenvalue weighted by Crippen LogP contribution is -2.23. The number of hydrogen-bond donors (Lipinski definition) is 3. The van der Waals surface area contributed by atoms with Crippen LogP contribution < -0.4 is 11.1 Å². The number of anilines is 1. The third-order valence-corrected chi connectivity index (χ3v) is 5.01. The summed E-state index contributed by atoms with van der Waals surface area (Å²) in [5.41, 5.74) is 7.31. The van der Waals surface area contributed by atoms with Crippen molar-refractivity contribution in [1.29, 1.82) is 0 Å². The van der Waals surface area contributed by atoms with Crippen LogP contribution in [0.25, 0.3) is 5.65 Å². The van der Waals surface area contributed by atoms with Crippen molar-refractivity contribution >= 4 is 17.4 Å². The molecule has 4 N–H and O–H groups in total. The van der Waals surface area contributed by atoms with E-state index < -0.39 is 11.5 Å². The van der Waals surface area contributed by atoms with Crippen molar-refractivity contribution in [2.75, 3.05) is 5.32 Å². The second kappa shape index (κ2) is 6.83. The van der Waals surface area contributed by atoms with Crippen molar-refractivity contribution in [3.63, 3.8) is 0 Å². The minimum Gasteiger partial charge on any atom is -0.477 e. The number of carboxylic acid groups (broad SMARTS) is 1. The quantitative estimate of drug-likeness (QED) is 0.572. The Hall–Kier alpha value is -3.07. The summed E-state index contributed by atoms with van der Waals surface area (Å²) in [6.07, 6.45) is 7.17. The standard InChI is InChI=1S/C19H21FN6O2/c1-11(21)2-3-15-14(8-12(20)9-22-15)19(5-6-19)25-16-4-7-26-17(24-16)13(10-23-26)18(27)28/h4,7-11H,2-3,5-6,21H2,1H3,(H,24,25)(H,27,28). The van der Waals surface area contributed by atoms with Crippen molar-refractivity contribution in [3.8, 4) is 0 Å². The predicted molar refractivity (Wildman–Crippen MR) is 101 cm³/mol. The van der Waals surface area contributed by atoms with Crippen molar-refractivity contribution < 1.29 is 14.3 Å². The Morgan fingerprint density at radius 1 is 1.46 bits per heavy atom. The van der Waals surface area contributed by atoms with Crippen LogP contribution in [-0.4, -0.2) is 36.7 Å². The Balaban J connectivity index is 1.67. The number of fused-ring (bicyclic) bond motifs is 1. The number of pyridine rings is 1. The highest BCUT2D eigenvalue weighted by atomic mass is 19.1. The molecule has 3 heterocycles. The lowest BCUT2D eigenvalue weighted by Gasteiger charge is -2.22. The maximum absolute atomic E-state index is 13.9. The van der Waals surface area contributed by atoms with E-state index in [2.05, 4.69) is 20.4 Å². The molecule has 4 rings (SSSR count). The van der Waals surface area contributed by atoms with Gasteiger partial charge in [0.15, 0.2) is 5.65 Å². The Bertz CT molecular complexity index is 1040. The smallest absolute Gasteiger partial charge is 0.341 e. The van der Waals surface area contributed by atoms with Gasteiger partial charge in [-0.3, -0.25) is 4.98 Å². The molecule has 1 fully saturated rings. The fourth-order valence-electron chi connectivity index (χ4n) is 3.37. The van der Waals surface area contributed by atoms with E-state index >= 15 is 0 Å². The van der Waals surface area contributed by atoms with Gasteiger partial charge in [-0.05, 0) is 44.7 Å². The summed E-state index contributed by atoms with van der Waals surface area (Å²) in [5, 5.41) is 16.6. The SMILES string of the molecule is CC(N)CCc1ncc(F)cc1C1(Nc2ccn3ncc(C(=O)O)c3n2)CC1. The molecule has 28 heavy (non-hydrogen) atoms. The largest absolute Gasteiger partial charge is 0.477 e. The molecular formula is C19H21FN6O2. The molecule has 146 valence electrons. The van der Waals surface area contributed by atoms with Crippen LogP contribution in [0.5, 0.6) is 0 Å². The zero-order valence-corrected chi connectivity index (χ0v) is 15.4. The summed E-state index contributed by atoms with van der Waals surface area (Å²) in [7, 11) is 0. The maximum atomic E-state index is 13.9. The van der Waals surface area contributed by atoms with Gasteiger partial charge in [-0.1, -0.05) is 0 Å². The van der Waals surface area contributed by atoms with Crippen LogP contribution in [0, 0.1) is 5.82 Å². The molecule has 8 nitrogen and oxygen atoms in total. The molecule has 0 saturated heterocycles. The molecule has 1 saturated carbocycles. The summed E-state index contributed by atoms with van der Waals surface area (Å²) >= 11 is 0. The lowest BCUT2D eigenvalue weighted by molar-refractivity contribution is 0.0698. The molecule has 1 aliphatic carbocycles. The normalized spacial score (nSPS) is 16.1. The van der Waals surface area contributed by atoms with Gasteiger partial charge in [-0.2, -0.15) is 5.10 Å². The Labute approximate surface area is 160 Å². The van der Waals surface area contributed by atoms with Crippen LogP contribution in [0.2, 0.25) is 0 Å². The van der Waals surface area contributed by atoms with Crippen LogP contribution in [0.4, 0.5) is 10.2 Å². The third kappa shape index (κ3) is 3.40. The van der Waals surface area contributed by atoms with Crippen LogP contribution in [0.3, 0.4) is 0 Å². The second-order valence-electron chi connectivity index (χ2n) is 7.32. The Morgan fingerprint density at radius 2 is 2.25 bits per heavy atom. The van der Waals surface area contributed by atoms with Gasteiger partial charge >= 0.3 is 5.97 Å². The highest BCUT2D eigenvalue weighted by Gasteiger charge is 2.46. The minimum absolute atomic E-state index is 0.0264. The lowest BCUT2D eigenvalue weighted by atomic mass is 9.98. The van der Waals surface area contributed by atoms with E-state index in [4.69, 9.17) is 5.73 Å². The van der Waals surface area contributed by atoms with Crippen molar-refractivity contribution in [2.45, 2.75) is 44.2 Å². The van der Waals surface area contributed by atoms with Gasteiger partial charge in [-0.25, -0.2) is 18.7 Å². The van der Waals surface area contributed by atoms with E-state index in [9.17, 15) is 14.3 Å². The maximum Gasteiger partial charge on any atom is 0.341 e. The minimum atomic E-state index is -1.09. The van der Waals surface area contributed by atoms with E-state index in [-0.39, 0.29) is 23.1 Å². The van der Waals surface area contributed by atoms with E-state index in [1.807, 2.05) is 6.92 Å². The van der Waals surface area contributed by atoms with Crippen molar-refractivity contribution in [1.82, 2.24) is 19.6 Å². The monoisotopic (exact) mass is 384 g/mol. The van der Waals surface area contributed by atoms with E-state index in [0.717, 1.165) is 30.5 Å². The van der Waals surface area contributed by atoms with Gasteiger partial charge in [0.05, 0.1) is 17.9 Å². The summed E-state index contributed by atoms with van der Waals surface area (Å²) < 4.78 is 15.4. The zero-order valence-electron chi connectivity index (χ0n) is 15.4. The molecule has 0 radical (unpaired) electrons. The molecule has 1 atom stereocenters.